The Morgan fingerprint density at radius 2 is 2.10 bits per heavy atom. The molecule has 0 amide bonds. The van der Waals surface area contributed by atoms with E-state index in [9.17, 15) is 13.2 Å². The summed E-state index contributed by atoms with van der Waals surface area (Å²) in [7, 11) is 1.21. The smallest absolute Gasteiger partial charge is 0.359 e. The Hall–Kier alpha value is -1.45. The Morgan fingerprint density at radius 1 is 1.43 bits per heavy atom. The molecule has 21 heavy (non-hydrogen) atoms. The lowest BCUT2D eigenvalue weighted by atomic mass is 10.1. The number of carbonyl (C=O) groups is 1. The van der Waals surface area contributed by atoms with Gasteiger partial charge in [-0.1, -0.05) is 0 Å². The van der Waals surface area contributed by atoms with Crippen molar-refractivity contribution in [2.24, 2.45) is 7.05 Å². The van der Waals surface area contributed by atoms with Crippen molar-refractivity contribution in [3.05, 3.63) is 17.0 Å². The Labute approximate surface area is 124 Å². The van der Waals surface area contributed by atoms with Crippen LogP contribution >= 0.6 is 0 Å². The lowest BCUT2D eigenvalue weighted by molar-refractivity contribution is 0.0516. The number of aromatic nitrogens is 2. The van der Waals surface area contributed by atoms with E-state index in [1.165, 1.54) is 22.7 Å². The van der Waals surface area contributed by atoms with Crippen LogP contribution in [0.1, 0.15) is 28.7 Å². The van der Waals surface area contributed by atoms with Gasteiger partial charge in [-0.15, -0.1) is 0 Å². The minimum Gasteiger partial charge on any atom is -0.461 e. The van der Waals surface area contributed by atoms with E-state index in [0.29, 0.717) is 18.5 Å². The molecule has 1 aromatic rings. The van der Waals surface area contributed by atoms with Crippen molar-refractivity contribution in [2.45, 2.75) is 19.9 Å². The van der Waals surface area contributed by atoms with Gasteiger partial charge in [0, 0.05) is 51.9 Å². The van der Waals surface area contributed by atoms with E-state index in [2.05, 4.69) is 5.10 Å². The maximum atomic E-state index is 12.2. The third-order valence-electron chi connectivity index (χ3n) is 3.46. The predicted molar refractivity (Wildman–Crippen MR) is 75.9 cm³/mol. The van der Waals surface area contributed by atoms with Crippen LogP contribution < -0.4 is 0 Å². The Kier molecular flexibility index (Phi) is 4.35. The highest BCUT2D eigenvalue weighted by atomic mass is 32.2. The molecule has 0 bridgehead atoms. The van der Waals surface area contributed by atoms with Crippen LogP contribution in [0, 0.1) is 0 Å². The van der Waals surface area contributed by atoms with E-state index in [0.717, 1.165) is 5.69 Å². The molecule has 1 aromatic heterocycles. The van der Waals surface area contributed by atoms with Crippen LogP contribution in [0.4, 0.5) is 0 Å². The van der Waals surface area contributed by atoms with E-state index in [1.54, 1.807) is 18.7 Å². The van der Waals surface area contributed by atoms with Gasteiger partial charge in [0.15, 0.2) is 5.69 Å². The number of rotatable bonds is 4. The summed E-state index contributed by atoms with van der Waals surface area (Å²) in [5.74, 6) is -0.515. The summed E-state index contributed by atoms with van der Waals surface area (Å²) in [5, 5.41) is 4.18. The molecule has 2 heterocycles. The lowest BCUT2D eigenvalue weighted by Crippen LogP contribution is -2.43. The summed E-state index contributed by atoms with van der Waals surface area (Å²) in [6, 6.07) is 0. The fourth-order valence-corrected chi connectivity index (χ4v) is 3.44. The maximum Gasteiger partial charge on any atom is 0.359 e. The van der Waals surface area contributed by atoms with Gasteiger partial charge in [0.1, 0.15) is 0 Å². The highest BCUT2D eigenvalue weighted by molar-refractivity contribution is 7.86. The summed E-state index contributed by atoms with van der Waals surface area (Å²) < 4.78 is 33.6. The fraction of sp³-hybridized carbons (Fsp3) is 0.667. The molecule has 9 heteroatoms. The van der Waals surface area contributed by atoms with Gasteiger partial charge < -0.3 is 4.74 Å². The van der Waals surface area contributed by atoms with Crippen molar-refractivity contribution in [1.29, 1.82) is 0 Å². The Morgan fingerprint density at radius 3 is 2.67 bits per heavy atom. The minimum absolute atomic E-state index is 0.137. The van der Waals surface area contributed by atoms with E-state index in [4.69, 9.17) is 4.74 Å². The van der Waals surface area contributed by atoms with Crippen LogP contribution in [-0.2, 0) is 35.0 Å². The molecule has 0 fully saturated rings. The predicted octanol–water partition coefficient (Wildman–Crippen LogP) is -0.239. The third-order valence-corrected chi connectivity index (χ3v) is 5.35. The molecule has 0 saturated heterocycles. The molecule has 2 rings (SSSR count). The SMILES string of the molecule is CCOC(=O)c1nn(C)c2c1CN(S(=O)(=O)N(C)C)CC2. The topological polar surface area (TPSA) is 84.7 Å². The molecular formula is C12H20N4O4S. The molecule has 0 aliphatic carbocycles. The molecule has 0 N–H and O–H groups in total. The fourth-order valence-electron chi connectivity index (χ4n) is 2.36. The van der Waals surface area contributed by atoms with Gasteiger partial charge >= 0.3 is 5.97 Å². The van der Waals surface area contributed by atoms with E-state index < -0.39 is 16.2 Å². The zero-order valence-electron chi connectivity index (χ0n) is 12.7. The highest BCUT2D eigenvalue weighted by Crippen LogP contribution is 2.25. The van der Waals surface area contributed by atoms with Crippen LogP contribution in [0.3, 0.4) is 0 Å². The molecule has 0 radical (unpaired) electrons. The monoisotopic (exact) mass is 316 g/mol. The molecular weight excluding hydrogens is 296 g/mol. The summed E-state index contributed by atoms with van der Waals surface area (Å²) in [6.07, 6.45) is 0.519. The summed E-state index contributed by atoms with van der Waals surface area (Å²) in [6.45, 7) is 2.48. The summed E-state index contributed by atoms with van der Waals surface area (Å²) in [5.41, 5.74) is 1.71. The molecule has 0 saturated carbocycles. The summed E-state index contributed by atoms with van der Waals surface area (Å²) >= 11 is 0. The average molecular weight is 316 g/mol. The maximum absolute atomic E-state index is 12.2. The number of fused-ring (bicyclic) bond motifs is 1. The van der Waals surface area contributed by atoms with Gasteiger partial charge in [0.25, 0.3) is 10.2 Å². The largest absolute Gasteiger partial charge is 0.461 e. The standard InChI is InChI=1S/C12H20N4O4S/c1-5-20-12(17)11-9-8-16(21(18,19)14(2)3)7-6-10(9)15(4)13-11/h5-8H2,1-4H3. The van der Waals surface area contributed by atoms with Gasteiger partial charge in [-0.2, -0.15) is 22.1 Å². The van der Waals surface area contributed by atoms with Crippen LogP contribution in [-0.4, -0.2) is 60.0 Å². The zero-order valence-corrected chi connectivity index (χ0v) is 13.5. The van der Waals surface area contributed by atoms with Gasteiger partial charge in [0.2, 0.25) is 0 Å². The van der Waals surface area contributed by atoms with Crippen LogP contribution in [0.5, 0.6) is 0 Å². The van der Waals surface area contributed by atoms with Crippen molar-refractivity contribution in [1.82, 2.24) is 18.4 Å². The first-order valence-corrected chi connectivity index (χ1v) is 8.08. The van der Waals surface area contributed by atoms with Gasteiger partial charge in [0.05, 0.1) is 6.61 Å². The number of carbonyl (C=O) groups excluding carboxylic acids is 1. The van der Waals surface area contributed by atoms with Crippen LogP contribution in [0.25, 0.3) is 0 Å². The van der Waals surface area contributed by atoms with Gasteiger partial charge in [-0.25, -0.2) is 4.79 Å². The van der Waals surface area contributed by atoms with Crippen LogP contribution in [0.15, 0.2) is 0 Å². The molecule has 0 unspecified atom stereocenters. The normalized spacial score (nSPS) is 16.0. The average Bonchev–Trinajstić information content (AvgIpc) is 2.76. The molecule has 8 nitrogen and oxygen atoms in total. The number of nitrogens with zero attached hydrogens (tertiary/aromatic N) is 4. The van der Waals surface area contributed by atoms with Crippen molar-refractivity contribution in [2.75, 3.05) is 27.2 Å². The third kappa shape index (κ3) is 2.81. The van der Waals surface area contributed by atoms with Crippen molar-refractivity contribution in [3.8, 4) is 0 Å². The molecule has 118 valence electrons. The second-order valence-corrected chi connectivity index (χ2v) is 7.13. The van der Waals surface area contributed by atoms with Crippen LogP contribution in [0.2, 0.25) is 0 Å². The first-order chi connectivity index (χ1) is 9.78. The molecule has 0 aromatic carbocycles. The molecule has 0 spiro atoms. The number of ether oxygens (including phenoxy) is 1. The lowest BCUT2D eigenvalue weighted by Gasteiger charge is -2.29. The first kappa shape index (κ1) is 15.9. The highest BCUT2D eigenvalue weighted by Gasteiger charge is 2.33. The first-order valence-electron chi connectivity index (χ1n) is 6.68. The van der Waals surface area contributed by atoms with Gasteiger partial charge in [-0.3, -0.25) is 4.68 Å². The number of esters is 1. The van der Waals surface area contributed by atoms with Crippen molar-refractivity contribution < 1.29 is 17.9 Å². The van der Waals surface area contributed by atoms with E-state index in [-0.39, 0.29) is 18.8 Å². The number of aryl methyl sites for hydroxylation is 1. The second kappa shape index (κ2) is 5.74. The van der Waals surface area contributed by atoms with Crippen molar-refractivity contribution >= 4 is 16.2 Å². The minimum atomic E-state index is -3.51. The summed E-state index contributed by atoms with van der Waals surface area (Å²) in [4.78, 5) is 11.9. The molecule has 0 atom stereocenters. The second-order valence-electron chi connectivity index (χ2n) is 4.99. The van der Waals surface area contributed by atoms with E-state index in [1.807, 2.05) is 0 Å². The number of hydrogen-bond donors (Lipinski definition) is 0. The van der Waals surface area contributed by atoms with Gasteiger partial charge in [-0.05, 0) is 6.92 Å². The zero-order chi connectivity index (χ0) is 15.8. The molecule has 1 aliphatic rings. The molecule has 1 aliphatic heterocycles. The Bertz CT molecular complexity index is 650. The van der Waals surface area contributed by atoms with Crippen molar-refractivity contribution in [3.63, 3.8) is 0 Å². The van der Waals surface area contributed by atoms with E-state index >= 15 is 0 Å². The Balaban J connectivity index is 2.37. The number of hydrogen-bond acceptors (Lipinski definition) is 5. The quantitative estimate of drug-likeness (QED) is 0.716.